The van der Waals surface area contributed by atoms with Crippen molar-refractivity contribution in [1.82, 2.24) is 24.5 Å². The summed E-state index contributed by atoms with van der Waals surface area (Å²) >= 11 is 0. The molecule has 0 saturated carbocycles. The third-order valence-corrected chi connectivity index (χ3v) is 3.09. The van der Waals surface area contributed by atoms with Crippen LogP contribution in [0.3, 0.4) is 0 Å². The van der Waals surface area contributed by atoms with Crippen LogP contribution in [-0.4, -0.2) is 42.0 Å². The molecule has 0 saturated heterocycles. The van der Waals surface area contributed by atoms with Gasteiger partial charge in [0, 0.05) is 6.92 Å². The van der Waals surface area contributed by atoms with Gasteiger partial charge in [-0.1, -0.05) is 12.1 Å². The number of esters is 1. The van der Waals surface area contributed by atoms with Crippen LogP contribution in [0, 0.1) is 10.1 Å². The maximum atomic E-state index is 10.9. The Labute approximate surface area is 125 Å². The Hall–Kier alpha value is -2.78. The molecular formula is C12H16N6O4. The van der Waals surface area contributed by atoms with Crippen LogP contribution >= 0.6 is 0 Å². The first-order valence-electron chi connectivity index (χ1n) is 6.69. The molecule has 0 amide bonds. The number of aromatic nitrogens is 5. The minimum atomic E-state index is -0.507. The minimum Gasteiger partial charge on any atom is -0.464 e. The van der Waals surface area contributed by atoms with Crippen LogP contribution in [0.15, 0.2) is 18.7 Å². The Balaban J connectivity index is 2.08. The van der Waals surface area contributed by atoms with Crippen molar-refractivity contribution in [3.8, 4) is 0 Å². The first kappa shape index (κ1) is 15.6. The zero-order valence-electron chi connectivity index (χ0n) is 12.2. The average molecular weight is 308 g/mol. The molecule has 0 radical (unpaired) electrons. The molecule has 0 bridgehead atoms. The van der Waals surface area contributed by atoms with Crippen LogP contribution in [0.2, 0.25) is 0 Å². The fourth-order valence-electron chi connectivity index (χ4n) is 1.92. The molecule has 2 heterocycles. The van der Waals surface area contributed by atoms with Crippen molar-refractivity contribution >= 4 is 11.8 Å². The second-order valence-electron chi connectivity index (χ2n) is 4.69. The minimum absolute atomic E-state index is 0.110. The summed E-state index contributed by atoms with van der Waals surface area (Å²) in [7, 11) is 0. The molecule has 10 nitrogen and oxygen atoms in total. The van der Waals surface area contributed by atoms with Gasteiger partial charge in [0.05, 0.1) is 12.2 Å². The maximum absolute atomic E-state index is 10.9. The molecule has 0 aromatic carbocycles. The number of rotatable bonds is 7. The zero-order chi connectivity index (χ0) is 16.1. The number of nitro groups is 1. The highest BCUT2D eigenvalue weighted by molar-refractivity contribution is 5.65. The average Bonchev–Trinajstić information content (AvgIpc) is 3.09. The molecule has 1 atom stereocenters. The summed E-state index contributed by atoms with van der Waals surface area (Å²) in [5.41, 5.74) is 0.558. The number of ether oxygens (including phenoxy) is 1. The number of nitrogens with zero attached hydrogens (tertiary/aromatic N) is 6. The molecule has 1 unspecified atom stereocenters. The highest BCUT2D eigenvalue weighted by atomic mass is 16.6. The maximum Gasteiger partial charge on any atom is 0.342 e. The van der Waals surface area contributed by atoms with Gasteiger partial charge in [0.15, 0.2) is 6.33 Å². The smallest absolute Gasteiger partial charge is 0.342 e. The number of hydrogen-bond donors (Lipinski definition) is 0. The fourth-order valence-corrected chi connectivity index (χ4v) is 1.92. The molecule has 10 heteroatoms. The van der Waals surface area contributed by atoms with E-state index in [-0.39, 0.29) is 31.0 Å². The topological polar surface area (TPSA) is 118 Å². The van der Waals surface area contributed by atoms with Gasteiger partial charge in [-0.15, -0.1) is 5.10 Å². The van der Waals surface area contributed by atoms with E-state index in [1.165, 1.54) is 24.0 Å². The van der Waals surface area contributed by atoms with Crippen LogP contribution in [0.1, 0.15) is 32.0 Å². The largest absolute Gasteiger partial charge is 0.464 e. The van der Waals surface area contributed by atoms with E-state index >= 15 is 0 Å². The Kier molecular flexibility index (Phi) is 4.81. The summed E-state index contributed by atoms with van der Waals surface area (Å²) in [5, 5.41) is 18.8. The van der Waals surface area contributed by atoms with Gasteiger partial charge in [0.2, 0.25) is 0 Å². The van der Waals surface area contributed by atoms with E-state index in [9.17, 15) is 14.9 Å². The van der Waals surface area contributed by atoms with Gasteiger partial charge >= 0.3 is 11.8 Å². The highest BCUT2D eigenvalue weighted by Gasteiger charge is 2.17. The van der Waals surface area contributed by atoms with Crippen LogP contribution in [0.25, 0.3) is 0 Å². The number of carbonyl (C=O) groups is 1. The van der Waals surface area contributed by atoms with Gasteiger partial charge in [-0.25, -0.2) is 14.2 Å². The molecule has 0 fully saturated rings. The Morgan fingerprint density at radius 1 is 1.55 bits per heavy atom. The summed E-state index contributed by atoms with van der Waals surface area (Å²) in [4.78, 5) is 25.0. The molecule has 2 rings (SSSR count). The molecule has 0 aliphatic carbocycles. The van der Waals surface area contributed by atoms with Crippen LogP contribution < -0.4 is 0 Å². The molecule has 0 N–H and O–H groups in total. The van der Waals surface area contributed by atoms with E-state index in [4.69, 9.17) is 4.74 Å². The number of imidazole rings is 1. The van der Waals surface area contributed by atoms with Crippen molar-refractivity contribution in [3.05, 3.63) is 34.5 Å². The van der Waals surface area contributed by atoms with E-state index in [2.05, 4.69) is 15.3 Å². The number of carbonyl (C=O) groups excluding carboxylic acids is 1. The lowest BCUT2D eigenvalue weighted by Crippen LogP contribution is -2.17. The summed E-state index contributed by atoms with van der Waals surface area (Å²) in [6.45, 7) is 3.69. The highest BCUT2D eigenvalue weighted by Crippen LogP contribution is 2.14. The van der Waals surface area contributed by atoms with Gasteiger partial charge < -0.3 is 14.9 Å². The SMILES string of the molecule is CCC(COC(C)=O)n1cc(Cn2cncc2[N+](=O)[O-])nn1. The van der Waals surface area contributed by atoms with Gasteiger partial charge in [-0.3, -0.25) is 4.79 Å². The quantitative estimate of drug-likeness (QED) is 0.424. The fraction of sp³-hybridized carbons (Fsp3) is 0.500. The standard InChI is InChI=1S/C12H16N6O4/c1-3-11(7-22-9(2)19)17-6-10(14-15-17)5-16-8-13-4-12(16)18(20)21/h4,6,8,11H,3,5,7H2,1-2H3. The van der Waals surface area contributed by atoms with Crippen molar-refractivity contribution in [2.24, 2.45) is 0 Å². The van der Waals surface area contributed by atoms with Crippen molar-refractivity contribution in [1.29, 1.82) is 0 Å². The van der Waals surface area contributed by atoms with Crippen molar-refractivity contribution in [3.63, 3.8) is 0 Å². The second kappa shape index (κ2) is 6.78. The molecular weight excluding hydrogens is 292 g/mol. The van der Waals surface area contributed by atoms with E-state index < -0.39 is 4.92 Å². The first-order chi connectivity index (χ1) is 10.5. The van der Waals surface area contributed by atoms with Crippen LogP contribution in [-0.2, 0) is 16.1 Å². The van der Waals surface area contributed by atoms with E-state index in [0.717, 1.165) is 0 Å². The Morgan fingerprint density at radius 2 is 2.32 bits per heavy atom. The molecule has 0 aliphatic rings. The lowest BCUT2D eigenvalue weighted by atomic mass is 10.2. The lowest BCUT2D eigenvalue weighted by molar-refractivity contribution is -0.392. The molecule has 0 aliphatic heterocycles. The van der Waals surface area contributed by atoms with E-state index in [0.29, 0.717) is 12.1 Å². The van der Waals surface area contributed by atoms with Gasteiger partial charge in [0.25, 0.3) is 0 Å². The third kappa shape index (κ3) is 3.65. The third-order valence-electron chi connectivity index (χ3n) is 3.09. The molecule has 118 valence electrons. The van der Waals surface area contributed by atoms with Gasteiger partial charge in [-0.2, -0.15) is 0 Å². The van der Waals surface area contributed by atoms with E-state index in [1.807, 2.05) is 6.92 Å². The summed E-state index contributed by atoms with van der Waals surface area (Å²) in [5.74, 6) is -0.464. The summed E-state index contributed by atoms with van der Waals surface area (Å²) in [6.07, 6.45) is 4.94. The predicted octanol–water partition coefficient (Wildman–Crippen LogP) is 0.945. The van der Waals surface area contributed by atoms with Crippen molar-refractivity contribution in [2.75, 3.05) is 6.61 Å². The molecule has 0 spiro atoms. The number of hydrogen-bond acceptors (Lipinski definition) is 7. The molecule has 2 aromatic heterocycles. The lowest BCUT2D eigenvalue weighted by Gasteiger charge is -2.13. The van der Waals surface area contributed by atoms with Crippen molar-refractivity contribution < 1.29 is 14.5 Å². The normalized spacial score (nSPS) is 12.1. The Morgan fingerprint density at radius 3 is 2.95 bits per heavy atom. The van der Waals surface area contributed by atoms with Gasteiger partial charge in [0.1, 0.15) is 25.0 Å². The molecule has 22 heavy (non-hydrogen) atoms. The molecule has 2 aromatic rings. The van der Waals surface area contributed by atoms with Crippen LogP contribution in [0.4, 0.5) is 5.82 Å². The summed E-state index contributed by atoms with van der Waals surface area (Å²) in [6, 6.07) is -0.122. The second-order valence-corrected chi connectivity index (χ2v) is 4.69. The van der Waals surface area contributed by atoms with E-state index in [1.54, 1.807) is 10.9 Å². The van der Waals surface area contributed by atoms with Crippen LogP contribution in [0.5, 0.6) is 0 Å². The first-order valence-corrected chi connectivity index (χ1v) is 6.69. The zero-order valence-corrected chi connectivity index (χ0v) is 12.2. The predicted molar refractivity (Wildman–Crippen MR) is 74.0 cm³/mol. The Bertz CT molecular complexity index is 664. The monoisotopic (exact) mass is 308 g/mol. The van der Waals surface area contributed by atoms with Gasteiger partial charge in [-0.05, 0) is 11.3 Å². The summed E-state index contributed by atoms with van der Waals surface area (Å²) < 4.78 is 7.96. The van der Waals surface area contributed by atoms with Crippen molar-refractivity contribution in [2.45, 2.75) is 32.9 Å².